The van der Waals surface area contributed by atoms with Gasteiger partial charge in [0, 0.05) is 29.2 Å². The summed E-state index contributed by atoms with van der Waals surface area (Å²) >= 11 is 1.58. The molecule has 3 aromatic heterocycles. The van der Waals surface area contributed by atoms with Crippen LogP contribution < -0.4 is 5.32 Å². The summed E-state index contributed by atoms with van der Waals surface area (Å²) < 4.78 is 6.80. The van der Waals surface area contributed by atoms with Gasteiger partial charge in [-0.05, 0) is 43.2 Å². The maximum Gasteiger partial charge on any atom is 0.291 e. The molecule has 1 aliphatic rings. The number of nitrogens with one attached hydrogen (secondary N) is 1. The number of rotatable bonds is 4. The molecule has 5 rings (SSSR count). The number of fused-ring (bicyclic) bond motifs is 1. The molecule has 1 N–H and O–H groups in total. The molecule has 0 radical (unpaired) electrons. The molecule has 0 fully saturated rings. The predicted octanol–water partition coefficient (Wildman–Crippen LogP) is 5.94. The number of aromatic nitrogens is 2. The summed E-state index contributed by atoms with van der Waals surface area (Å²) in [5, 5.41) is 3.80. The average molecular weight is 399 g/mol. The number of benzene rings is 1. The largest absolute Gasteiger partial charge is 0.451 e. The molecular weight excluding hydrogens is 382 g/mol. The van der Waals surface area contributed by atoms with Crippen LogP contribution in [0.1, 0.15) is 29.2 Å². The van der Waals surface area contributed by atoms with Crippen LogP contribution in [0, 0.1) is 0 Å². The van der Waals surface area contributed by atoms with Gasteiger partial charge < -0.3 is 9.73 Å². The number of carbonyl (C=O) groups excluding carboxylic acids is 1. The van der Waals surface area contributed by atoms with E-state index in [4.69, 9.17) is 4.42 Å². The first-order valence-corrected chi connectivity index (χ1v) is 10.2. The number of anilines is 1. The number of nitrogens with zero attached hydrogens (tertiary/aromatic N) is 2. The number of hydrogen-bond acceptors (Lipinski definition) is 5. The van der Waals surface area contributed by atoms with Crippen molar-refractivity contribution in [2.45, 2.75) is 12.8 Å². The topological polar surface area (TPSA) is 68.0 Å². The number of thiazole rings is 1. The fraction of sp³-hybridized carbons (Fsp3) is 0.0870. The molecular formula is C23H17N3O2S. The van der Waals surface area contributed by atoms with E-state index in [2.05, 4.69) is 27.4 Å². The van der Waals surface area contributed by atoms with Gasteiger partial charge in [0.05, 0.1) is 10.2 Å². The van der Waals surface area contributed by atoms with Crippen molar-refractivity contribution < 1.29 is 9.21 Å². The maximum absolute atomic E-state index is 12.6. The molecule has 0 unspecified atom stereocenters. The molecule has 0 atom stereocenters. The zero-order chi connectivity index (χ0) is 19.6. The van der Waals surface area contributed by atoms with E-state index >= 15 is 0 Å². The molecule has 142 valence electrons. The quantitative estimate of drug-likeness (QED) is 0.461. The van der Waals surface area contributed by atoms with E-state index in [0.717, 1.165) is 39.2 Å². The Hall–Kier alpha value is -3.51. The zero-order valence-electron chi connectivity index (χ0n) is 15.5. The van der Waals surface area contributed by atoms with E-state index in [1.54, 1.807) is 23.6 Å². The van der Waals surface area contributed by atoms with Crippen molar-refractivity contribution in [3.8, 4) is 10.6 Å². The van der Waals surface area contributed by atoms with E-state index in [-0.39, 0.29) is 11.7 Å². The molecule has 29 heavy (non-hydrogen) atoms. The summed E-state index contributed by atoms with van der Waals surface area (Å²) in [6, 6.07) is 13.1. The van der Waals surface area contributed by atoms with Gasteiger partial charge in [-0.1, -0.05) is 30.4 Å². The highest BCUT2D eigenvalue weighted by molar-refractivity contribution is 7.21. The lowest BCUT2D eigenvalue weighted by Gasteiger charge is -2.06. The van der Waals surface area contributed by atoms with Crippen molar-refractivity contribution >= 4 is 38.7 Å². The summed E-state index contributed by atoms with van der Waals surface area (Å²) in [6.07, 6.45) is 11.8. The van der Waals surface area contributed by atoms with Crippen molar-refractivity contribution in [1.29, 1.82) is 0 Å². The highest BCUT2D eigenvalue weighted by atomic mass is 32.1. The minimum Gasteiger partial charge on any atom is -0.451 e. The fourth-order valence-corrected chi connectivity index (χ4v) is 4.17. The van der Waals surface area contributed by atoms with E-state index in [1.165, 1.54) is 0 Å². The lowest BCUT2D eigenvalue weighted by atomic mass is 10.1. The van der Waals surface area contributed by atoms with Gasteiger partial charge >= 0.3 is 0 Å². The molecule has 1 aliphatic carbocycles. The van der Waals surface area contributed by atoms with Gasteiger partial charge in [0.2, 0.25) is 0 Å². The monoisotopic (exact) mass is 399 g/mol. The van der Waals surface area contributed by atoms with E-state index < -0.39 is 0 Å². The number of carbonyl (C=O) groups is 1. The van der Waals surface area contributed by atoms with E-state index in [1.807, 2.05) is 48.7 Å². The molecule has 0 bridgehead atoms. The third kappa shape index (κ3) is 3.62. The molecule has 0 aliphatic heterocycles. The van der Waals surface area contributed by atoms with Crippen LogP contribution in [0.4, 0.5) is 5.69 Å². The maximum atomic E-state index is 12.6. The Morgan fingerprint density at radius 2 is 2.10 bits per heavy atom. The average Bonchev–Trinajstić information content (AvgIpc) is 3.42. The van der Waals surface area contributed by atoms with Crippen molar-refractivity contribution in [3.63, 3.8) is 0 Å². The summed E-state index contributed by atoms with van der Waals surface area (Å²) in [5.41, 5.74) is 3.58. The van der Waals surface area contributed by atoms with Crippen LogP contribution in [-0.2, 0) is 0 Å². The van der Waals surface area contributed by atoms with Crippen LogP contribution in [0.15, 0.2) is 77.5 Å². The van der Waals surface area contributed by atoms with Crippen LogP contribution in [0.5, 0.6) is 0 Å². The molecule has 4 aromatic rings. The molecule has 0 saturated heterocycles. The zero-order valence-corrected chi connectivity index (χ0v) is 16.3. The third-order valence-electron chi connectivity index (χ3n) is 4.67. The summed E-state index contributed by atoms with van der Waals surface area (Å²) in [5.74, 6) is 0.724. The molecule has 0 spiro atoms. The molecule has 3 heterocycles. The van der Waals surface area contributed by atoms with Gasteiger partial charge in [-0.2, -0.15) is 0 Å². The van der Waals surface area contributed by atoms with Crippen molar-refractivity contribution in [2.24, 2.45) is 0 Å². The summed E-state index contributed by atoms with van der Waals surface area (Å²) in [4.78, 5) is 21.4. The molecule has 1 aromatic carbocycles. The minimum atomic E-state index is -0.276. The first kappa shape index (κ1) is 17.6. The van der Waals surface area contributed by atoms with Crippen LogP contribution in [0.2, 0.25) is 0 Å². The Bertz CT molecular complexity index is 1230. The first-order chi connectivity index (χ1) is 14.3. The van der Waals surface area contributed by atoms with Gasteiger partial charge in [-0.25, -0.2) is 4.98 Å². The van der Waals surface area contributed by atoms with Crippen LogP contribution >= 0.6 is 11.3 Å². The van der Waals surface area contributed by atoms with Gasteiger partial charge in [0.25, 0.3) is 5.91 Å². The molecule has 6 heteroatoms. The second-order valence-corrected chi connectivity index (χ2v) is 7.73. The minimum absolute atomic E-state index is 0.276. The van der Waals surface area contributed by atoms with Crippen LogP contribution in [0.3, 0.4) is 0 Å². The Morgan fingerprint density at radius 3 is 2.97 bits per heavy atom. The Kier molecular flexibility index (Phi) is 4.54. The molecule has 1 amide bonds. The second kappa shape index (κ2) is 7.48. The van der Waals surface area contributed by atoms with Crippen molar-refractivity contribution in [3.05, 3.63) is 84.6 Å². The number of allylic oxidation sites excluding steroid dienone is 4. The number of furan rings is 1. The van der Waals surface area contributed by atoms with Crippen LogP contribution in [-0.4, -0.2) is 15.9 Å². The number of hydrogen-bond donors (Lipinski definition) is 1. The highest BCUT2D eigenvalue weighted by Gasteiger charge is 2.14. The Morgan fingerprint density at radius 1 is 1.14 bits per heavy atom. The molecule has 0 saturated carbocycles. The van der Waals surface area contributed by atoms with Crippen molar-refractivity contribution in [1.82, 2.24) is 9.97 Å². The summed E-state index contributed by atoms with van der Waals surface area (Å²) in [7, 11) is 0. The lowest BCUT2D eigenvalue weighted by molar-refractivity contribution is 0.0996. The lowest BCUT2D eigenvalue weighted by Crippen LogP contribution is -2.10. The van der Waals surface area contributed by atoms with E-state index in [0.29, 0.717) is 11.4 Å². The normalized spacial score (nSPS) is 13.4. The standard InChI is InChI=1S/C23H17N3O2S/c27-22(20-10-9-19(28-20)15-5-2-1-3-6-15)25-17-8-4-7-16(13-17)23-26-18-11-12-24-14-21(18)29-23/h2,4-14H,1,3H2,(H,25,27). The fourth-order valence-electron chi connectivity index (χ4n) is 3.24. The molecule has 5 nitrogen and oxygen atoms in total. The number of pyridine rings is 1. The first-order valence-electron chi connectivity index (χ1n) is 9.35. The second-order valence-electron chi connectivity index (χ2n) is 6.70. The van der Waals surface area contributed by atoms with Gasteiger partial charge in [-0.15, -0.1) is 11.3 Å². The van der Waals surface area contributed by atoms with Gasteiger partial charge in [0.1, 0.15) is 10.8 Å². The van der Waals surface area contributed by atoms with Crippen molar-refractivity contribution in [2.75, 3.05) is 5.32 Å². The Balaban J connectivity index is 1.36. The smallest absolute Gasteiger partial charge is 0.291 e. The SMILES string of the molecule is O=C(Nc1cccc(-c2nc3ccncc3s2)c1)c1ccc(C2=CCCC=C2)o1. The van der Waals surface area contributed by atoms with Gasteiger partial charge in [0.15, 0.2) is 5.76 Å². The Labute approximate surface area is 171 Å². The van der Waals surface area contributed by atoms with Gasteiger partial charge in [-0.3, -0.25) is 9.78 Å². The predicted molar refractivity (Wildman–Crippen MR) is 116 cm³/mol. The summed E-state index contributed by atoms with van der Waals surface area (Å²) in [6.45, 7) is 0. The third-order valence-corrected chi connectivity index (χ3v) is 5.72. The van der Waals surface area contributed by atoms with E-state index in [9.17, 15) is 4.79 Å². The highest BCUT2D eigenvalue weighted by Crippen LogP contribution is 2.31. The number of amides is 1. The van der Waals surface area contributed by atoms with Crippen LogP contribution in [0.25, 0.3) is 26.4 Å².